The summed E-state index contributed by atoms with van der Waals surface area (Å²) in [5.41, 5.74) is 2.96. The average molecular weight is 376 g/mol. The smallest absolute Gasteiger partial charge is 0.350 e. The number of halogens is 1. The Hall–Kier alpha value is -2.80. The SMILES string of the molecule is Cc1cc(C)n(-c2ccc(NC=C3C(=O)OC(C)(C)OC3=O)cc2Cl)n1. The molecule has 0 spiro atoms. The minimum atomic E-state index is -1.27. The van der Waals surface area contributed by atoms with Crippen LogP contribution in [0.25, 0.3) is 5.69 Å². The van der Waals surface area contributed by atoms with Crippen LogP contribution in [0, 0.1) is 13.8 Å². The van der Waals surface area contributed by atoms with Crippen molar-refractivity contribution < 1.29 is 19.1 Å². The number of hydrogen-bond acceptors (Lipinski definition) is 6. The van der Waals surface area contributed by atoms with Crippen molar-refractivity contribution >= 4 is 29.2 Å². The van der Waals surface area contributed by atoms with Gasteiger partial charge in [-0.1, -0.05) is 11.6 Å². The Labute approximate surface area is 155 Å². The number of anilines is 1. The molecule has 0 bridgehead atoms. The molecule has 1 aromatic heterocycles. The largest absolute Gasteiger partial charge is 0.419 e. The third-order valence-corrected chi connectivity index (χ3v) is 3.99. The number of nitrogens with zero attached hydrogens (tertiary/aromatic N) is 2. The third kappa shape index (κ3) is 3.57. The standard InChI is InChI=1S/C18H18ClN3O4/c1-10-7-11(2)22(21-10)15-6-5-12(8-14(15)19)20-9-13-16(23)25-18(3,4)26-17(13)24/h5-9,20H,1-4H3. The average Bonchev–Trinajstić information content (AvgIpc) is 2.83. The molecule has 1 aromatic carbocycles. The summed E-state index contributed by atoms with van der Waals surface area (Å²) in [7, 11) is 0. The summed E-state index contributed by atoms with van der Waals surface area (Å²) in [6, 6.07) is 7.18. The maximum absolute atomic E-state index is 11.9. The number of carbonyl (C=O) groups excluding carboxylic acids is 2. The molecule has 8 heteroatoms. The molecule has 0 radical (unpaired) electrons. The molecular formula is C18H18ClN3O4. The van der Waals surface area contributed by atoms with Gasteiger partial charge in [0.05, 0.1) is 16.4 Å². The van der Waals surface area contributed by atoms with E-state index >= 15 is 0 Å². The fourth-order valence-corrected chi connectivity index (χ4v) is 2.84. The lowest BCUT2D eigenvalue weighted by atomic mass is 10.2. The first-order valence-electron chi connectivity index (χ1n) is 7.93. The van der Waals surface area contributed by atoms with Crippen molar-refractivity contribution in [3.8, 4) is 5.69 Å². The Morgan fingerprint density at radius 3 is 2.35 bits per heavy atom. The molecule has 1 aliphatic rings. The number of carbonyl (C=O) groups is 2. The van der Waals surface area contributed by atoms with Crippen LogP contribution >= 0.6 is 11.6 Å². The van der Waals surface area contributed by atoms with E-state index in [0.717, 1.165) is 17.1 Å². The molecule has 1 aliphatic heterocycles. The van der Waals surface area contributed by atoms with Crippen LogP contribution in [0.5, 0.6) is 0 Å². The predicted octanol–water partition coefficient (Wildman–Crippen LogP) is 3.27. The van der Waals surface area contributed by atoms with Crippen molar-refractivity contribution in [1.82, 2.24) is 9.78 Å². The van der Waals surface area contributed by atoms with Crippen molar-refractivity contribution in [3.05, 3.63) is 52.4 Å². The normalized spacial score (nSPS) is 16.1. The molecule has 7 nitrogen and oxygen atoms in total. The van der Waals surface area contributed by atoms with Crippen LogP contribution in [-0.4, -0.2) is 27.5 Å². The number of ether oxygens (including phenoxy) is 2. The number of benzene rings is 1. The van der Waals surface area contributed by atoms with E-state index in [2.05, 4.69) is 10.4 Å². The number of rotatable bonds is 3. The summed E-state index contributed by atoms with van der Waals surface area (Å²) in [6.07, 6.45) is 1.24. The molecule has 1 fully saturated rings. The summed E-state index contributed by atoms with van der Waals surface area (Å²) in [5, 5.41) is 7.73. The van der Waals surface area contributed by atoms with Crippen LogP contribution in [0.3, 0.4) is 0 Å². The Morgan fingerprint density at radius 1 is 1.15 bits per heavy atom. The Kier molecular flexibility index (Phi) is 4.50. The van der Waals surface area contributed by atoms with E-state index in [0.29, 0.717) is 10.7 Å². The molecule has 0 aliphatic carbocycles. The maximum Gasteiger partial charge on any atom is 0.350 e. The highest BCUT2D eigenvalue weighted by Crippen LogP contribution is 2.26. The van der Waals surface area contributed by atoms with Crippen LogP contribution in [0.15, 0.2) is 36.0 Å². The van der Waals surface area contributed by atoms with Gasteiger partial charge in [-0.05, 0) is 38.1 Å². The Bertz CT molecular complexity index is 909. The quantitative estimate of drug-likeness (QED) is 0.503. The summed E-state index contributed by atoms with van der Waals surface area (Å²) in [5.74, 6) is -2.76. The van der Waals surface area contributed by atoms with E-state index in [-0.39, 0.29) is 5.57 Å². The van der Waals surface area contributed by atoms with Gasteiger partial charge in [0.2, 0.25) is 0 Å². The van der Waals surface area contributed by atoms with Gasteiger partial charge in [-0.3, -0.25) is 0 Å². The number of hydrogen-bond donors (Lipinski definition) is 1. The first-order chi connectivity index (χ1) is 12.2. The lowest BCUT2D eigenvalue weighted by Gasteiger charge is -2.29. The molecule has 0 saturated carbocycles. The second-order valence-electron chi connectivity index (χ2n) is 6.39. The van der Waals surface area contributed by atoms with Crippen molar-refractivity contribution in [1.29, 1.82) is 0 Å². The molecule has 0 unspecified atom stereocenters. The van der Waals surface area contributed by atoms with Crippen LogP contribution in [0.2, 0.25) is 5.02 Å². The summed E-state index contributed by atoms with van der Waals surface area (Å²) < 4.78 is 11.8. The number of aryl methyl sites for hydroxylation is 2. The van der Waals surface area contributed by atoms with Crippen LogP contribution in [-0.2, 0) is 19.1 Å². The molecule has 0 amide bonds. The van der Waals surface area contributed by atoms with Gasteiger partial charge in [-0.2, -0.15) is 5.10 Å². The highest BCUT2D eigenvalue weighted by molar-refractivity contribution is 6.32. The molecule has 136 valence electrons. The van der Waals surface area contributed by atoms with Crippen LogP contribution < -0.4 is 5.32 Å². The van der Waals surface area contributed by atoms with Gasteiger partial charge in [0.1, 0.15) is 0 Å². The monoisotopic (exact) mass is 375 g/mol. The molecule has 2 heterocycles. The fraction of sp³-hybridized carbons (Fsp3) is 0.278. The van der Waals surface area contributed by atoms with Crippen molar-refractivity contribution in [2.24, 2.45) is 0 Å². The summed E-state index contributed by atoms with van der Waals surface area (Å²) >= 11 is 6.36. The first-order valence-corrected chi connectivity index (χ1v) is 8.31. The van der Waals surface area contributed by atoms with Gasteiger partial charge in [-0.25, -0.2) is 14.3 Å². The Morgan fingerprint density at radius 2 is 1.81 bits per heavy atom. The third-order valence-electron chi connectivity index (χ3n) is 3.69. The first kappa shape index (κ1) is 18.0. The highest BCUT2D eigenvalue weighted by Gasteiger charge is 2.38. The lowest BCUT2D eigenvalue weighted by Crippen LogP contribution is -2.42. The molecular weight excluding hydrogens is 358 g/mol. The zero-order valence-electron chi connectivity index (χ0n) is 14.8. The van der Waals surface area contributed by atoms with E-state index in [1.807, 2.05) is 19.9 Å². The van der Waals surface area contributed by atoms with E-state index in [9.17, 15) is 9.59 Å². The van der Waals surface area contributed by atoms with E-state index in [4.69, 9.17) is 21.1 Å². The Balaban J connectivity index is 1.81. The number of aromatic nitrogens is 2. The lowest BCUT2D eigenvalue weighted by molar-refractivity contribution is -0.222. The van der Waals surface area contributed by atoms with Gasteiger partial charge in [0.25, 0.3) is 5.79 Å². The molecule has 2 aromatic rings. The van der Waals surface area contributed by atoms with E-state index in [1.54, 1.807) is 22.9 Å². The van der Waals surface area contributed by atoms with Crippen LogP contribution in [0.1, 0.15) is 25.2 Å². The van der Waals surface area contributed by atoms with Gasteiger partial charge >= 0.3 is 11.9 Å². The van der Waals surface area contributed by atoms with Crippen LogP contribution in [0.4, 0.5) is 5.69 Å². The summed E-state index contributed by atoms with van der Waals surface area (Å²) in [6.45, 7) is 6.83. The van der Waals surface area contributed by atoms with Crippen molar-refractivity contribution in [2.75, 3.05) is 5.32 Å². The van der Waals surface area contributed by atoms with Gasteiger partial charge < -0.3 is 14.8 Å². The van der Waals surface area contributed by atoms with Crippen molar-refractivity contribution in [3.63, 3.8) is 0 Å². The number of cyclic esters (lactones) is 2. The highest BCUT2D eigenvalue weighted by atomic mass is 35.5. The minimum Gasteiger partial charge on any atom is -0.419 e. The second-order valence-corrected chi connectivity index (χ2v) is 6.79. The maximum atomic E-state index is 11.9. The van der Waals surface area contributed by atoms with Gasteiger partial charge in [0.15, 0.2) is 5.57 Å². The zero-order valence-corrected chi connectivity index (χ0v) is 15.5. The molecule has 26 heavy (non-hydrogen) atoms. The number of esters is 2. The number of nitrogens with one attached hydrogen (secondary N) is 1. The topological polar surface area (TPSA) is 82.5 Å². The molecule has 1 saturated heterocycles. The molecule has 3 rings (SSSR count). The van der Waals surface area contributed by atoms with E-state index < -0.39 is 17.7 Å². The van der Waals surface area contributed by atoms with E-state index in [1.165, 1.54) is 20.0 Å². The molecule has 0 atom stereocenters. The second kappa shape index (κ2) is 6.49. The van der Waals surface area contributed by atoms with Crippen molar-refractivity contribution in [2.45, 2.75) is 33.5 Å². The fourth-order valence-electron chi connectivity index (χ4n) is 2.58. The zero-order chi connectivity index (χ0) is 19.1. The predicted molar refractivity (Wildman–Crippen MR) is 96.0 cm³/mol. The van der Waals surface area contributed by atoms with Gasteiger partial charge in [-0.15, -0.1) is 0 Å². The summed E-state index contributed by atoms with van der Waals surface area (Å²) in [4.78, 5) is 23.8. The molecule has 1 N–H and O–H groups in total. The van der Waals surface area contributed by atoms with Gasteiger partial charge in [0, 0.05) is 31.4 Å². The minimum absolute atomic E-state index is 0.219.